The van der Waals surface area contributed by atoms with Crippen LogP contribution < -0.4 is 24.4 Å². The minimum atomic E-state index is -0.424. The molecule has 1 saturated heterocycles. The molecular formula is C24H27N3O6S. The topological polar surface area (TPSA) is 97.4 Å². The van der Waals surface area contributed by atoms with E-state index in [-0.39, 0.29) is 23.9 Å². The van der Waals surface area contributed by atoms with Crippen LogP contribution in [0.3, 0.4) is 0 Å². The zero-order valence-corrected chi connectivity index (χ0v) is 20.5. The summed E-state index contributed by atoms with van der Waals surface area (Å²) in [7, 11) is 8.29. The van der Waals surface area contributed by atoms with Crippen LogP contribution in [0.4, 0.5) is 10.5 Å². The quantitative estimate of drug-likeness (QED) is 0.541. The predicted molar refractivity (Wildman–Crippen MR) is 132 cm³/mol. The molecule has 1 N–H and O–H groups in total. The first kappa shape index (κ1) is 25.0. The van der Waals surface area contributed by atoms with Crippen molar-refractivity contribution in [2.75, 3.05) is 53.4 Å². The minimum absolute atomic E-state index is 0.0658. The molecule has 34 heavy (non-hydrogen) atoms. The first-order chi connectivity index (χ1) is 16.3. The minimum Gasteiger partial charge on any atom is -0.493 e. The molecular weight excluding hydrogens is 458 g/mol. The number of hydrogen-bond acceptors (Lipinski definition) is 8. The Hall–Kier alpha value is -3.66. The van der Waals surface area contributed by atoms with Gasteiger partial charge in [0.25, 0.3) is 17.1 Å². The van der Waals surface area contributed by atoms with Gasteiger partial charge in [0.05, 0.1) is 26.2 Å². The molecule has 1 aliphatic rings. The number of hydrogen-bond donors (Lipinski definition) is 1. The van der Waals surface area contributed by atoms with Crippen molar-refractivity contribution in [1.29, 1.82) is 0 Å². The van der Waals surface area contributed by atoms with E-state index in [0.717, 1.165) is 22.3 Å². The molecule has 1 aliphatic heterocycles. The van der Waals surface area contributed by atoms with Crippen molar-refractivity contribution in [3.05, 3.63) is 52.4 Å². The molecule has 0 saturated carbocycles. The summed E-state index contributed by atoms with van der Waals surface area (Å²) in [5.41, 5.74) is 2.02. The largest absolute Gasteiger partial charge is 0.493 e. The Morgan fingerprint density at radius 3 is 2.32 bits per heavy atom. The number of amides is 3. The van der Waals surface area contributed by atoms with Crippen LogP contribution in [0.25, 0.3) is 6.08 Å². The predicted octanol–water partition coefficient (Wildman–Crippen LogP) is 3.24. The molecule has 2 aromatic carbocycles. The van der Waals surface area contributed by atoms with Crippen LogP contribution in [0.1, 0.15) is 15.9 Å². The number of rotatable bonds is 9. The first-order valence-corrected chi connectivity index (χ1v) is 11.2. The Morgan fingerprint density at radius 1 is 1.06 bits per heavy atom. The molecule has 0 aromatic heterocycles. The molecule has 1 fully saturated rings. The van der Waals surface area contributed by atoms with Gasteiger partial charge in [-0.3, -0.25) is 19.3 Å². The average molecular weight is 486 g/mol. The maximum absolute atomic E-state index is 12.8. The number of ether oxygens (including phenoxy) is 3. The number of nitrogens with one attached hydrogen (secondary N) is 1. The van der Waals surface area contributed by atoms with E-state index in [0.29, 0.717) is 28.4 Å². The standard InChI is InChI=1S/C24H27N3O6S/c1-26(2)17-8-6-7-16(14-17)22(28)25-9-10-27-23(29)20(34-24(27)30)13-15-11-18(31-3)21(33-5)19(12-15)32-4/h6-8,11-14H,9-10H2,1-5H3,(H,25,28). The number of carbonyl (C=O) groups is 3. The number of methoxy groups -OCH3 is 3. The molecule has 0 unspecified atom stereocenters. The lowest BCUT2D eigenvalue weighted by molar-refractivity contribution is -0.122. The Labute approximate surface area is 202 Å². The van der Waals surface area contributed by atoms with E-state index in [1.54, 1.807) is 36.4 Å². The Morgan fingerprint density at radius 2 is 1.74 bits per heavy atom. The lowest BCUT2D eigenvalue weighted by Crippen LogP contribution is -2.37. The van der Waals surface area contributed by atoms with Crippen LogP contribution in [0.5, 0.6) is 17.2 Å². The lowest BCUT2D eigenvalue weighted by Gasteiger charge is -2.15. The molecule has 0 aliphatic carbocycles. The highest BCUT2D eigenvalue weighted by molar-refractivity contribution is 8.18. The van der Waals surface area contributed by atoms with Crippen molar-refractivity contribution in [3.8, 4) is 17.2 Å². The summed E-state index contributed by atoms with van der Waals surface area (Å²) in [5, 5.41) is 2.37. The summed E-state index contributed by atoms with van der Waals surface area (Å²) in [6, 6.07) is 10.6. The van der Waals surface area contributed by atoms with Crippen LogP contribution >= 0.6 is 11.8 Å². The van der Waals surface area contributed by atoms with Gasteiger partial charge in [-0.25, -0.2) is 0 Å². The van der Waals surface area contributed by atoms with Crippen LogP contribution in [0.2, 0.25) is 0 Å². The monoisotopic (exact) mass is 485 g/mol. The van der Waals surface area contributed by atoms with Crippen LogP contribution in [-0.2, 0) is 4.79 Å². The van der Waals surface area contributed by atoms with Crippen molar-refractivity contribution in [3.63, 3.8) is 0 Å². The zero-order valence-electron chi connectivity index (χ0n) is 19.7. The lowest BCUT2D eigenvalue weighted by atomic mass is 10.1. The van der Waals surface area contributed by atoms with Crippen molar-refractivity contribution < 1.29 is 28.6 Å². The molecule has 0 bridgehead atoms. The number of thioether (sulfide) groups is 1. The van der Waals surface area contributed by atoms with Crippen molar-refractivity contribution in [1.82, 2.24) is 10.2 Å². The third-order valence-electron chi connectivity index (χ3n) is 5.10. The second-order valence-corrected chi connectivity index (χ2v) is 8.49. The second-order valence-electron chi connectivity index (χ2n) is 7.49. The van der Waals surface area contributed by atoms with Gasteiger partial charge in [-0.1, -0.05) is 6.07 Å². The first-order valence-electron chi connectivity index (χ1n) is 10.4. The van der Waals surface area contributed by atoms with E-state index in [9.17, 15) is 14.4 Å². The smallest absolute Gasteiger partial charge is 0.293 e. The van der Waals surface area contributed by atoms with Gasteiger partial charge in [0.2, 0.25) is 5.75 Å². The van der Waals surface area contributed by atoms with Crippen LogP contribution in [0, 0.1) is 0 Å². The number of carbonyl (C=O) groups excluding carboxylic acids is 3. The Bertz CT molecular complexity index is 1110. The summed E-state index contributed by atoms with van der Waals surface area (Å²) in [5.74, 6) is 0.611. The van der Waals surface area contributed by atoms with Crippen LogP contribution in [0.15, 0.2) is 41.3 Å². The van der Waals surface area contributed by atoms with E-state index in [1.807, 2.05) is 25.1 Å². The fourth-order valence-electron chi connectivity index (χ4n) is 3.34. The Kier molecular flexibility index (Phi) is 8.06. The summed E-state index contributed by atoms with van der Waals surface area (Å²) in [6.45, 7) is 0.205. The molecule has 3 rings (SSSR count). The molecule has 2 aromatic rings. The SMILES string of the molecule is COc1cc(C=C2SC(=O)N(CCNC(=O)c3cccc(N(C)C)c3)C2=O)cc(OC)c1OC. The molecule has 10 heteroatoms. The van der Waals surface area contributed by atoms with Crippen LogP contribution in [-0.4, -0.2) is 70.5 Å². The highest BCUT2D eigenvalue weighted by Gasteiger charge is 2.34. The highest BCUT2D eigenvalue weighted by atomic mass is 32.2. The van der Waals surface area contributed by atoms with Gasteiger partial charge in [-0.05, 0) is 53.7 Å². The third kappa shape index (κ3) is 5.45. The van der Waals surface area contributed by atoms with E-state index < -0.39 is 11.1 Å². The average Bonchev–Trinajstić information content (AvgIpc) is 3.10. The molecule has 3 amide bonds. The van der Waals surface area contributed by atoms with Gasteiger partial charge in [-0.15, -0.1) is 0 Å². The maximum Gasteiger partial charge on any atom is 0.293 e. The fraction of sp³-hybridized carbons (Fsp3) is 0.292. The van der Waals surface area contributed by atoms with E-state index in [4.69, 9.17) is 14.2 Å². The second kappa shape index (κ2) is 11.0. The van der Waals surface area contributed by atoms with E-state index in [2.05, 4.69) is 5.32 Å². The highest BCUT2D eigenvalue weighted by Crippen LogP contribution is 2.40. The van der Waals surface area contributed by atoms with Gasteiger partial charge in [-0.2, -0.15) is 0 Å². The molecule has 0 spiro atoms. The Balaban J connectivity index is 1.68. The van der Waals surface area contributed by atoms with Crippen molar-refractivity contribution in [2.24, 2.45) is 0 Å². The molecule has 180 valence electrons. The summed E-state index contributed by atoms with van der Waals surface area (Å²) < 4.78 is 16.0. The van der Waals surface area contributed by atoms with Gasteiger partial charge in [0, 0.05) is 38.4 Å². The number of imide groups is 1. The maximum atomic E-state index is 12.8. The van der Waals surface area contributed by atoms with Gasteiger partial charge in [0.1, 0.15) is 0 Å². The molecule has 1 heterocycles. The summed E-state index contributed by atoms with van der Waals surface area (Å²) in [6.07, 6.45) is 1.60. The number of benzene rings is 2. The van der Waals surface area contributed by atoms with Gasteiger partial charge >= 0.3 is 0 Å². The third-order valence-corrected chi connectivity index (χ3v) is 6.01. The summed E-state index contributed by atoms with van der Waals surface area (Å²) in [4.78, 5) is 41.0. The van der Waals surface area contributed by atoms with E-state index in [1.165, 1.54) is 21.3 Å². The molecule has 0 atom stereocenters. The summed E-state index contributed by atoms with van der Waals surface area (Å²) >= 11 is 0.841. The number of anilines is 1. The zero-order chi connectivity index (χ0) is 24.8. The van der Waals surface area contributed by atoms with E-state index >= 15 is 0 Å². The molecule has 0 radical (unpaired) electrons. The van der Waals surface area contributed by atoms with Gasteiger partial charge < -0.3 is 24.4 Å². The van der Waals surface area contributed by atoms with Crippen molar-refractivity contribution >= 4 is 40.6 Å². The van der Waals surface area contributed by atoms with Gasteiger partial charge in [0.15, 0.2) is 11.5 Å². The number of nitrogens with zero attached hydrogens (tertiary/aromatic N) is 2. The fourth-order valence-corrected chi connectivity index (χ4v) is 4.20. The molecule has 9 nitrogen and oxygen atoms in total. The van der Waals surface area contributed by atoms with Crippen molar-refractivity contribution in [2.45, 2.75) is 0 Å². The normalized spacial score (nSPS) is 14.4.